The topological polar surface area (TPSA) is 80.9 Å². The Morgan fingerprint density at radius 2 is 0.455 bits per heavy atom. The summed E-state index contributed by atoms with van der Waals surface area (Å²) in [6, 6.07) is 0. The van der Waals surface area contributed by atoms with E-state index in [0.29, 0.717) is 23.7 Å². The van der Waals surface area contributed by atoms with Crippen molar-refractivity contribution >= 4 is 0 Å². The van der Waals surface area contributed by atoms with Crippen molar-refractivity contribution in [1.29, 1.82) is 0 Å². The number of rotatable bonds is 8. The summed E-state index contributed by atoms with van der Waals surface area (Å²) in [6.45, 7) is 34.6. The molecule has 5 heteroatoms. The maximum absolute atomic E-state index is 8.76. The van der Waals surface area contributed by atoms with Gasteiger partial charge in [0.25, 0.3) is 0 Å². The van der Waals surface area contributed by atoms with Crippen LogP contribution < -0.4 is 0 Å². The van der Waals surface area contributed by atoms with Gasteiger partial charge in [0.1, 0.15) is 0 Å². The Balaban J connectivity index is -0.000000105. The predicted molar refractivity (Wildman–Crippen MR) is 143 cm³/mol. The summed E-state index contributed by atoms with van der Waals surface area (Å²) >= 11 is 0. The summed E-state index contributed by atoms with van der Waals surface area (Å²) in [5, 5.41) is 35.1. The van der Waals surface area contributed by atoms with Gasteiger partial charge in [-0.2, -0.15) is 0 Å². The maximum Gasteiger partial charge on any atom is 0.0484 e. The van der Waals surface area contributed by atoms with Crippen LogP contribution >= 0.6 is 0 Å². The van der Waals surface area contributed by atoms with E-state index in [4.69, 9.17) is 20.4 Å². The molecule has 4 N–H and O–H groups in total. The Morgan fingerprint density at radius 1 is 0.364 bits per heavy atom. The normalized spacial score (nSPS) is 12.4. The predicted octanol–water partition coefficient (Wildman–Crippen LogP) is 6.64. The van der Waals surface area contributed by atoms with E-state index in [1.54, 1.807) is 0 Å². The van der Waals surface area contributed by atoms with Crippen molar-refractivity contribution in [2.45, 2.75) is 111 Å². The van der Waals surface area contributed by atoms with Crippen molar-refractivity contribution < 1.29 is 42.1 Å². The quantitative estimate of drug-likeness (QED) is 0.275. The van der Waals surface area contributed by atoms with Gasteiger partial charge in [0.05, 0.1) is 0 Å². The van der Waals surface area contributed by atoms with Crippen LogP contribution in [0.15, 0.2) is 0 Å². The third-order valence-electron chi connectivity index (χ3n) is 7.88. The molecule has 0 saturated carbocycles. The summed E-state index contributed by atoms with van der Waals surface area (Å²) in [7, 11) is 0. The van der Waals surface area contributed by atoms with Gasteiger partial charge >= 0.3 is 0 Å². The summed E-state index contributed by atoms with van der Waals surface area (Å²) in [5.74, 6) is 2.25. The minimum atomic E-state index is 0. The Morgan fingerprint density at radius 3 is 0.455 bits per heavy atom. The van der Waals surface area contributed by atoms with Crippen LogP contribution in [-0.4, -0.2) is 46.9 Å². The SMILES string of the molecule is CC(C)C(C)(C)CO.CC(C)C(C)(C)CO.CC(C)C(C)(C)CO.CC(C)C(C)(C)CO.[Ti]. The van der Waals surface area contributed by atoms with Gasteiger partial charge in [0.15, 0.2) is 0 Å². The molecular formula is C28H64O4Ti. The molecule has 0 aromatic rings. The van der Waals surface area contributed by atoms with E-state index in [-0.39, 0.29) is 69.8 Å². The average Bonchev–Trinajstić information content (AvgIpc) is 2.68. The first-order valence-electron chi connectivity index (χ1n) is 12.5. The molecule has 0 radical (unpaired) electrons. The Hall–Kier alpha value is 0.554. The van der Waals surface area contributed by atoms with E-state index >= 15 is 0 Å². The number of hydrogen-bond acceptors (Lipinski definition) is 4. The van der Waals surface area contributed by atoms with Crippen LogP contribution in [0.3, 0.4) is 0 Å². The molecule has 0 aromatic heterocycles. The molecule has 0 rings (SSSR count). The molecule has 204 valence electrons. The molecule has 0 heterocycles. The third kappa shape index (κ3) is 22.7. The smallest absolute Gasteiger partial charge is 0.0484 e. The van der Waals surface area contributed by atoms with E-state index < -0.39 is 0 Å². The molecule has 0 aliphatic heterocycles. The van der Waals surface area contributed by atoms with Gasteiger partial charge in [0.2, 0.25) is 0 Å². The van der Waals surface area contributed by atoms with E-state index in [0.717, 1.165) is 0 Å². The molecule has 33 heavy (non-hydrogen) atoms. The van der Waals surface area contributed by atoms with E-state index in [2.05, 4.69) is 111 Å². The molecule has 0 fully saturated rings. The van der Waals surface area contributed by atoms with Gasteiger partial charge in [-0.25, -0.2) is 0 Å². The molecule has 0 aliphatic rings. The van der Waals surface area contributed by atoms with Gasteiger partial charge in [-0.05, 0) is 45.3 Å². The fourth-order valence-electron chi connectivity index (χ4n) is 0.730. The van der Waals surface area contributed by atoms with Crippen LogP contribution in [0.1, 0.15) is 111 Å². The second kappa shape index (κ2) is 19.7. The van der Waals surface area contributed by atoms with E-state index in [1.165, 1.54) is 0 Å². The van der Waals surface area contributed by atoms with Gasteiger partial charge in [-0.3, -0.25) is 0 Å². The fourth-order valence-corrected chi connectivity index (χ4v) is 0.730. The number of aliphatic hydroxyl groups is 4. The van der Waals surface area contributed by atoms with Crippen LogP contribution in [0.5, 0.6) is 0 Å². The second-order valence-corrected chi connectivity index (χ2v) is 13.2. The molecule has 0 spiro atoms. The van der Waals surface area contributed by atoms with Crippen molar-refractivity contribution in [3.63, 3.8) is 0 Å². The zero-order valence-electron chi connectivity index (χ0n) is 25.4. The Bertz CT molecular complexity index is 346. The second-order valence-electron chi connectivity index (χ2n) is 13.2. The van der Waals surface area contributed by atoms with Crippen molar-refractivity contribution in [2.75, 3.05) is 26.4 Å². The molecule has 0 bridgehead atoms. The fraction of sp³-hybridized carbons (Fsp3) is 1.00. The molecular weight excluding hydrogens is 448 g/mol. The van der Waals surface area contributed by atoms with Gasteiger partial charge in [-0.15, -0.1) is 0 Å². The summed E-state index contributed by atoms with van der Waals surface area (Å²) in [4.78, 5) is 0. The van der Waals surface area contributed by atoms with Crippen LogP contribution in [0.25, 0.3) is 0 Å². The first kappa shape index (κ1) is 43.6. The molecule has 0 saturated heterocycles. The minimum Gasteiger partial charge on any atom is -0.396 e. The number of aliphatic hydroxyl groups excluding tert-OH is 4. The zero-order valence-corrected chi connectivity index (χ0v) is 27.0. The summed E-state index contributed by atoms with van der Waals surface area (Å²) in [6.07, 6.45) is 0. The van der Waals surface area contributed by atoms with Crippen LogP contribution in [0.4, 0.5) is 0 Å². The largest absolute Gasteiger partial charge is 0.396 e. The molecule has 0 atom stereocenters. The molecule has 0 aromatic carbocycles. The zero-order chi connectivity index (χ0) is 27.1. The van der Waals surface area contributed by atoms with Crippen molar-refractivity contribution in [1.82, 2.24) is 0 Å². The van der Waals surface area contributed by atoms with Crippen LogP contribution in [-0.2, 0) is 21.7 Å². The van der Waals surface area contributed by atoms with Crippen LogP contribution in [0, 0.1) is 45.3 Å². The third-order valence-corrected chi connectivity index (χ3v) is 7.88. The Labute approximate surface area is 224 Å². The van der Waals surface area contributed by atoms with Crippen molar-refractivity contribution in [3.8, 4) is 0 Å². The number of hydrogen-bond donors (Lipinski definition) is 4. The molecule has 4 nitrogen and oxygen atoms in total. The minimum absolute atomic E-state index is 0. The van der Waals surface area contributed by atoms with E-state index in [1.807, 2.05) is 0 Å². The average molecular weight is 513 g/mol. The first-order valence-corrected chi connectivity index (χ1v) is 12.5. The van der Waals surface area contributed by atoms with Crippen molar-refractivity contribution in [2.24, 2.45) is 45.3 Å². The van der Waals surface area contributed by atoms with E-state index in [9.17, 15) is 0 Å². The molecule has 0 aliphatic carbocycles. The Kier molecular flexibility index (Phi) is 26.0. The molecule has 0 amide bonds. The van der Waals surface area contributed by atoms with Gasteiger partial charge < -0.3 is 20.4 Å². The van der Waals surface area contributed by atoms with Gasteiger partial charge in [-0.1, -0.05) is 111 Å². The van der Waals surface area contributed by atoms with Crippen molar-refractivity contribution in [3.05, 3.63) is 0 Å². The first-order chi connectivity index (χ1) is 14.0. The summed E-state index contributed by atoms with van der Waals surface area (Å²) in [5.41, 5.74) is 0.389. The van der Waals surface area contributed by atoms with Gasteiger partial charge in [0, 0.05) is 48.1 Å². The maximum atomic E-state index is 8.76. The summed E-state index contributed by atoms with van der Waals surface area (Å²) < 4.78 is 0. The van der Waals surface area contributed by atoms with Crippen LogP contribution in [0.2, 0.25) is 0 Å². The molecule has 0 unspecified atom stereocenters. The standard InChI is InChI=1S/4C7H16O.Ti/c4*1-6(2)7(3,4)5-8;/h4*6,8H,5H2,1-4H3;. The monoisotopic (exact) mass is 512 g/mol.